The highest BCUT2D eigenvalue weighted by Crippen LogP contribution is 2.10. The second kappa shape index (κ2) is 5.18. The summed E-state index contributed by atoms with van der Waals surface area (Å²) in [4.78, 5) is 19.3. The van der Waals surface area contributed by atoms with Crippen molar-refractivity contribution in [3.05, 3.63) is 51.5 Å². The predicted octanol–water partition coefficient (Wildman–Crippen LogP) is 2.34. The molecular formula is C12H10ClFN4OS. The lowest BCUT2D eigenvalue weighted by Gasteiger charge is -2.06. The Balaban J connectivity index is 0.00000147. The molecule has 0 amide bonds. The van der Waals surface area contributed by atoms with E-state index in [1.807, 2.05) is 0 Å². The van der Waals surface area contributed by atoms with Gasteiger partial charge >= 0.3 is 0 Å². The fraction of sp³-hybridized carbons (Fsp3) is 0.0833. The fourth-order valence-electron chi connectivity index (χ4n) is 1.91. The summed E-state index contributed by atoms with van der Waals surface area (Å²) in [6, 6.07) is 5.54. The number of H-pyrrole nitrogens is 1. The maximum absolute atomic E-state index is 12.9. The van der Waals surface area contributed by atoms with Crippen molar-refractivity contribution in [3.63, 3.8) is 0 Å². The minimum Gasteiger partial charge on any atom is -0.320 e. The van der Waals surface area contributed by atoms with Crippen molar-refractivity contribution in [3.8, 4) is 5.69 Å². The third kappa shape index (κ3) is 2.14. The van der Waals surface area contributed by atoms with E-state index in [4.69, 9.17) is 12.2 Å². The van der Waals surface area contributed by atoms with Crippen LogP contribution in [0.5, 0.6) is 0 Å². The van der Waals surface area contributed by atoms with Crippen molar-refractivity contribution in [1.82, 2.24) is 19.1 Å². The molecule has 0 spiro atoms. The van der Waals surface area contributed by atoms with E-state index in [1.54, 1.807) is 11.6 Å². The molecule has 0 atom stereocenters. The van der Waals surface area contributed by atoms with Crippen molar-refractivity contribution >= 4 is 35.8 Å². The maximum atomic E-state index is 12.9. The van der Waals surface area contributed by atoms with Crippen LogP contribution in [0.4, 0.5) is 4.39 Å². The third-order valence-corrected chi connectivity index (χ3v) is 3.14. The van der Waals surface area contributed by atoms with E-state index < -0.39 is 0 Å². The fourth-order valence-corrected chi connectivity index (χ4v) is 2.20. The summed E-state index contributed by atoms with van der Waals surface area (Å²) in [6.07, 6.45) is 1.53. The summed E-state index contributed by atoms with van der Waals surface area (Å²) in [7, 11) is 1.77. The van der Waals surface area contributed by atoms with E-state index >= 15 is 0 Å². The highest BCUT2D eigenvalue weighted by Gasteiger charge is 2.10. The third-order valence-electron chi connectivity index (χ3n) is 2.86. The van der Waals surface area contributed by atoms with Crippen LogP contribution in [-0.2, 0) is 7.05 Å². The van der Waals surface area contributed by atoms with E-state index in [9.17, 15) is 9.18 Å². The molecule has 104 valence electrons. The van der Waals surface area contributed by atoms with Gasteiger partial charge in [-0.05, 0) is 36.5 Å². The van der Waals surface area contributed by atoms with Crippen LogP contribution in [0.25, 0.3) is 16.9 Å². The highest BCUT2D eigenvalue weighted by atomic mass is 35.5. The van der Waals surface area contributed by atoms with Gasteiger partial charge < -0.3 is 9.55 Å². The molecule has 1 N–H and O–H groups in total. The molecule has 2 heterocycles. The summed E-state index contributed by atoms with van der Waals surface area (Å²) in [5, 5.41) is 0. The normalized spacial score (nSPS) is 10.5. The van der Waals surface area contributed by atoms with Gasteiger partial charge in [-0.25, -0.2) is 9.37 Å². The van der Waals surface area contributed by atoms with Gasteiger partial charge in [0, 0.05) is 7.05 Å². The number of aromatic amines is 1. The first-order valence-corrected chi connectivity index (χ1v) is 5.91. The lowest BCUT2D eigenvalue weighted by atomic mass is 10.3. The summed E-state index contributed by atoms with van der Waals surface area (Å²) < 4.78 is 16.1. The Morgan fingerprint density at radius 2 is 1.95 bits per heavy atom. The van der Waals surface area contributed by atoms with Gasteiger partial charge in [0.1, 0.15) is 11.5 Å². The maximum Gasteiger partial charge on any atom is 0.287 e. The molecule has 0 saturated heterocycles. The molecule has 0 radical (unpaired) electrons. The number of nitrogens with one attached hydrogen (secondary N) is 1. The van der Waals surface area contributed by atoms with Gasteiger partial charge in [-0.1, -0.05) is 0 Å². The molecule has 20 heavy (non-hydrogen) atoms. The van der Waals surface area contributed by atoms with Gasteiger partial charge in [-0.2, -0.15) is 0 Å². The number of imidazole rings is 1. The molecule has 3 aromatic rings. The van der Waals surface area contributed by atoms with Gasteiger partial charge in [0.15, 0.2) is 10.3 Å². The average molecular weight is 313 g/mol. The number of nitrogens with zero attached hydrogens (tertiary/aromatic N) is 3. The molecule has 0 fully saturated rings. The number of aryl methyl sites for hydroxylation is 1. The van der Waals surface area contributed by atoms with Crippen LogP contribution in [0.2, 0.25) is 0 Å². The van der Waals surface area contributed by atoms with E-state index in [2.05, 4.69) is 9.97 Å². The van der Waals surface area contributed by atoms with E-state index in [0.29, 0.717) is 16.9 Å². The monoisotopic (exact) mass is 312 g/mol. The Morgan fingerprint density at radius 1 is 1.30 bits per heavy atom. The van der Waals surface area contributed by atoms with Crippen LogP contribution in [-0.4, -0.2) is 19.1 Å². The molecule has 8 heteroatoms. The zero-order valence-corrected chi connectivity index (χ0v) is 12.0. The van der Waals surface area contributed by atoms with Crippen LogP contribution < -0.4 is 5.56 Å². The molecule has 0 bridgehead atoms. The Bertz CT molecular complexity index is 881. The van der Waals surface area contributed by atoms with Gasteiger partial charge in [-0.15, -0.1) is 12.4 Å². The van der Waals surface area contributed by atoms with Crippen molar-refractivity contribution in [2.45, 2.75) is 0 Å². The molecule has 0 aliphatic heterocycles. The minimum atomic E-state index is -0.370. The molecule has 5 nitrogen and oxygen atoms in total. The molecule has 3 rings (SSSR count). The number of halogens is 2. The molecule has 0 aliphatic rings. The summed E-state index contributed by atoms with van der Waals surface area (Å²) in [5.74, 6) is -0.370. The van der Waals surface area contributed by atoms with Crippen molar-refractivity contribution in [2.75, 3.05) is 0 Å². The number of aromatic nitrogens is 4. The highest BCUT2D eigenvalue weighted by molar-refractivity contribution is 7.71. The Morgan fingerprint density at radius 3 is 2.60 bits per heavy atom. The number of benzene rings is 1. The van der Waals surface area contributed by atoms with Gasteiger partial charge in [-0.3, -0.25) is 9.36 Å². The number of rotatable bonds is 1. The first-order valence-electron chi connectivity index (χ1n) is 5.50. The Kier molecular flexibility index (Phi) is 3.74. The van der Waals surface area contributed by atoms with Crippen molar-refractivity contribution < 1.29 is 4.39 Å². The Labute approximate surface area is 124 Å². The van der Waals surface area contributed by atoms with Crippen molar-refractivity contribution in [2.24, 2.45) is 7.05 Å². The summed E-state index contributed by atoms with van der Waals surface area (Å²) in [6.45, 7) is 0. The molecular weight excluding hydrogens is 303 g/mol. The topological polar surface area (TPSA) is 55.6 Å². The lowest BCUT2D eigenvalue weighted by molar-refractivity contribution is 0.627. The van der Waals surface area contributed by atoms with Crippen LogP contribution in [0.1, 0.15) is 0 Å². The quantitative estimate of drug-likeness (QED) is 0.702. The number of fused-ring (bicyclic) bond motifs is 1. The second-order valence-electron chi connectivity index (χ2n) is 4.10. The molecule has 0 aliphatic carbocycles. The van der Waals surface area contributed by atoms with E-state index in [0.717, 1.165) is 0 Å². The standard InChI is InChI=1S/C12H9FN4OS.ClH/c1-16-6-14-9-10(16)15-12(19)17(11(9)18)8-4-2-7(13)3-5-8;/h2-6H,1H3,(H,15,19);1H. The molecule has 2 aromatic heterocycles. The van der Waals surface area contributed by atoms with Crippen LogP contribution in [0.3, 0.4) is 0 Å². The van der Waals surface area contributed by atoms with Gasteiger partial charge in [0.05, 0.1) is 12.0 Å². The van der Waals surface area contributed by atoms with Gasteiger partial charge in [0.25, 0.3) is 5.56 Å². The second-order valence-corrected chi connectivity index (χ2v) is 4.49. The largest absolute Gasteiger partial charge is 0.320 e. The predicted molar refractivity (Wildman–Crippen MR) is 78.7 cm³/mol. The Hall–Kier alpha value is -1.99. The SMILES string of the molecule is Cl.Cn1cnc2c(=O)n(-c3ccc(F)cc3)c(=S)[nH]c21. The minimum absolute atomic E-state index is 0. The van der Waals surface area contributed by atoms with E-state index in [1.165, 1.54) is 35.2 Å². The van der Waals surface area contributed by atoms with Crippen LogP contribution >= 0.6 is 24.6 Å². The summed E-state index contributed by atoms with van der Waals surface area (Å²) >= 11 is 5.18. The van der Waals surface area contributed by atoms with E-state index in [-0.39, 0.29) is 28.6 Å². The zero-order valence-electron chi connectivity index (χ0n) is 10.3. The van der Waals surface area contributed by atoms with Gasteiger partial charge in [0.2, 0.25) is 0 Å². The van der Waals surface area contributed by atoms with Crippen LogP contribution in [0, 0.1) is 10.6 Å². The van der Waals surface area contributed by atoms with Crippen molar-refractivity contribution in [1.29, 1.82) is 0 Å². The van der Waals surface area contributed by atoms with Crippen LogP contribution in [0.15, 0.2) is 35.4 Å². The molecule has 0 saturated carbocycles. The molecule has 1 aromatic carbocycles. The first kappa shape index (κ1) is 14.4. The zero-order chi connectivity index (χ0) is 13.6. The molecule has 0 unspecified atom stereocenters. The summed E-state index contributed by atoms with van der Waals surface area (Å²) in [5.41, 5.74) is 1.03. The number of hydrogen-bond donors (Lipinski definition) is 1. The smallest absolute Gasteiger partial charge is 0.287 e. The number of hydrogen-bond acceptors (Lipinski definition) is 3. The lowest BCUT2D eigenvalue weighted by Crippen LogP contribution is -2.20. The first-order chi connectivity index (χ1) is 9.08. The average Bonchev–Trinajstić information content (AvgIpc) is 2.74.